The first-order valence-electron chi connectivity index (χ1n) is 8.40. The van der Waals surface area contributed by atoms with Crippen LogP contribution in [0.2, 0.25) is 0 Å². The highest BCUT2D eigenvalue weighted by Gasteiger charge is 2.09. The average Bonchev–Trinajstić information content (AvgIpc) is 3.08. The second-order valence-electron chi connectivity index (χ2n) is 6.18. The Bertz CT molecular complexity index is 975. The quantitative estimate of drug-likeness (QED) is 0.553. The van der Waals surface area contributed by atoms with Crippen molar-refractivity contribution in [1.82, 2.24) is 14.5 Å². The topological polar surface area (TPSA) is 34.0 Å². The molecule has 2 aromatic heterocycles. The van der Waals surface area contributed by atoms with E-state index in [1.165, 1.54) is 5.56 Å². The summed E-state index contributed by atoms with van der Waals surface area (Å²) in [5, 5.41) is 1.16. The van der Waals surface area contributed by atoms with E-state index in [1.54, 1.807) is 0 Å². The van der Waals surface area contributed by atoms with Gasteiger partial charge in [0.15, 0.2) is 0 Å². The highest BCUT2D eigenvalue weighted by Crippen LogP contribution is 2.18. The third-order valence-electron chi connectivity index (χ3n) is 4.35. The van der Waals surface area contributed by atoms with Gasteiger partial charge in [0.25, 0.3) is 0 Å². The fourth-order valence-corrected chi connectivity index (χ4v) is 2.98. The molecule has 0 fully saturated rings. The maximum atomic E-state index is 4.76. The number of aromatic nitrogens is 3. The summed E-state index contributed by atoms with van der Waals surface area (Å²) < 4.78 is 2.19. The van der Waals surface area contributed by atoms with Crippen LogP contribution in [0.15, 0.2) is 79.1 Å². The summed E-state index contributed by atoms with van der Waals surface area (Å²) in [7, 11) is 2.05. The first-order valence-corrected chi connectivity index (χ1v) is 8.40. The Balaban J connectivity index is 1.54. The number of rotatable bonds is 5. The number of nitrogens with zero attached hydrogens (tertiary/aromatic N) is 4. The van der Waals surface area contributed by atoms with Crippen molar-refractivity contribution < 1.29 is 0 Å². The molecule has 0 unspecified atom stereocenters. The average molecular weight is 328 g/mol. The molecular formula is C21H20N4. The van der Waals surface area contributed by atoms with Gasteiger partial charge < -0.3 is 9.47 Å². The smallest absolute Gasteiger partial charge is 0.129 e. The van der Waals surface area contributed by atoms with E-state index >= 15 is 0 Å². The van der Waals surface area contributed by atoms with Crippen LogP contribution in [0.3, 0.4) is 0 Å². The van der Waals surface area contributed by atoms with E-state index in [9.17, 15) is 0 Å². The highest BCUT2D eigenvalue weighted by atomic mass is 15.2. The molecule has 2 heterocycles. The molecule has 4 nitrogen and oxygen atoms in total. The van der Waals surface area contributed by atoms with E-state index in [-0.39, 0.29) is 0 Å². The Kier molecular flexibility index (Phi) is 4.17. The van der Waals surface area contributed by atoms with Crippen molar-refractivity contribution in [2.75, 3.05) is 11.9 Å². The lowest BCUT2D eigenvalue weighted by Crippen LogP contribution is -2.20. The van der Waals surface area contributed by atoms with Crippen LogP contribution >= 0.6 is 0 Å². The zero-order chi connectivity index (χ0) is 17.1. The summed E-state index contributed by atoms with van der Waals surface area (Å²) in [4.78, 5) is 11.4. The molecule has 4 rings (SSSR count). The lowest BCUT2D eigenvalue weighted by Gasteiger charge is -2.19. The van der Waals surface area contributed by atoms with E-state index in [2.05, 4.69) is 64.0 Å². The minimum atomic E-state index is 0.713. The molecule has 0 N–H and O–H groups in total. The van der Waals surface area contributed by atoms with Gasteiger partial charge >= 0.3 is 0 Å². The first kappa shape index (κ1) is 15.4. The molecule has 4 heteroatoms. The number of hydrogen-bond donors (Lipinski definition) is 0. The van der Waals surface area contributed by atoms with Crippen molar-refractivity contribution in [3.8, 4) is 0 Å². The summed E-state index contributed by atoms with van der Waals surface area (Å²) in [6.45, 7) is 1.54. The molecule has 0 aliphatic carbocycles. The Morgan fingerprint density at radius 1 is 0.920 bits per heavy atom. The predicted octanol–water partition coefficient (Wildman–Crippen LogP) is 4.12. The Hall–Kier alpha value is -3.14. The molecule has 25 heavy (non-hydrogen) atoms. The van der Waals surface area contributed by atoms with Crippen molar-refractivity contribution in [1.29, 1.82) is 0 Å². The molecule has 0 spiro atoms. The fraction of sp³-hybridized carbons (Fsp3) is 0.143. The minimum absolute atomic E-state index is 0.713. The lowest BCUT2D eigenvalue weighted by atomic mass is 10.2. The van der Waals surface area contributed by atoms with Gasteiger partial charge in [-0.15, -0.1) is 0 Å². The third-order valence-corrected chi connectivity index (χ3v) is 4.35. The van der Waals surface area contributed by atoms with Gasteiger partial charge in [-0.2, -0.15) is 0 Å². The Morgan fingerprint density at radius 3 is 2.60 bits per heavy atom. The van der Waals surface area contributed by atoms with Gasteiger partial charge in [0.2, 0.25) is 0 Å². The predicted molar refractivity (Wildman–Crippen MR) is 102 cm³/mol. The molecule has 2 aromatic carbocycles. The summed E-state index contributed by atoms with van der Waals surface area (Å²) in [6.07, 6.45) is 3.89. The van der Waals surface area contributed by atoms with Gasteiger partial charge in [-0.25, -0.2) is 9.97 Å². The number of hydrogen-bond acceptors (Lipinski definition) is 3. The van der Waals surface area contributed by atoms with E-state index in [0.717, 1.165) is 29.1 Å². The molecule has 4 aromatic rings. The highest BCUT2D eigenvalue weighted by molar-refractivity contribution is 5.80. The molecule has 0 atom stereocenters. The van der Waals surface area contributed by atoms with Crippen LogP contribution in [0.5, 0.6) is 0 Å². The maximum Gasteiger partial charge on any atom is 0.129 e. The zero-order valence-electron chi connectivity index (χ0n) is 14.2. The van der Waals surface area contributed by atoms with Crippen LogP contribution in [-0.4, -0.2) is 21.6 Å². The summed E-state index contributed by atoms with van der Waals surface area (Å²) in [5.74, 6) is 1.98. The van der Waals surface area contributed by atoms with Gasteiger partial charge in [0, 0.05) is 31.4 Å². The molecule has 0 radical (unpaired) electrons. The number of benzene rings is 2. The summed E-state index contributed by atoms with van der Waals surface area (Å²) in [6, 6.07) is 22.8. The van der Waals surface area contributed by atoms with Crippen LogP contribution in [0.4, 0.5) is 5.82 Å². The van der Waals surface area contributed by atoms with Crippen LogP contribution in [0.1, 0.15) is 11.4 Å². The van der Waals surface area contributed by atoms with Gasteiger partial charge in [-0.1, -0.05) is 48.5 Å². The number of fused-ring (bicyclic) bond motifs is 1. The second-order valence-corrected chi connectivity index (χ2v) is 6.18. The van der Waals surface area contributed by atoms with Gasteiger partial charge in [-0.3, -0.25) is 0 Å². The Labute approximate surface area is 147 Å². The number of imidazole rings is 1. The largest absolute Gasteiger partial charge is 0.352 e. The molecule has 0 bridgehead atoms. The van der Waals surface area contributed by atoms with Crippen molar-refractivity contribution in [2.45, 2.75) is 13.1 Å². The van der Waals surface area contributed by atoms with Gasteiger partial charge in [0.05, 0.1) is 12.1 Å². The third kappa shape index (κ3) is 3.38. The van der Waals surface area contributed by atoms with Gasteiger partial charge in [-0.05, 0) is 23.8 Å². The number of para-hydroxylation sites is 1. The van der Waals surface area contributed by atoms with Crippen LogP contribution in [0.25, 0.3) is 10.9 Å². The van der Waals surface area contributed by atoms with Crippen molar-refractivity contribution in [2.24, 2.45) is 0 Å². The number of pyridine rings is 1. The fourth-order valence-electron chi connectivity index (χ4n) is 2.98. The molecule has 0 saturated heterocycles. The van der Waals surface area contributed by atoms with E-state index in [1.807, 2.05) is 36.7 Å². The molecular weight excluding hydrogens is 308 g/mol. The van der Waals surface area contributed by atoms with E-state index in [0.29, 0.717) is 6.54 Å². The molecule has 124 valence electrons. The molecule has 0 amide bonds. The van der Waals surface area contributed by atoms with Crippen LogP contribution < -0.4 is 4.90 Å². The van der Waals surface area contributed by atoms with E-state index < -0.39 is 0 Å². The molecule has 0 aliphatic rings. The van der Waals surface area contributed by atoms with Crippen molar-refractivity contribution >= 4 is 16.7 Å². The minimum Gasteiger partial charge on any atom is -0.352 e. The summed E-state index contributed by atoms with van der Waals surface area (Å²) >= 11 is 0. The zero-order valence-corrected chi connectivity index (χ0v) is 14.2. The van der Waals surface area contributed by atoms with Crippen LogP contribution in [-0.2, 0) is 13.1 Å². The molecule has 0 aliphatic heterocycles. The monoisotopic (exact) mass is 328 g/mol. The standard InChI is InChI=1S/C21H20N4/c1-24(20-12-11-18-9-5-6-10-19(18)23-20)16-21-22-13-14-25(21)15-17-7-3-2-4-8-17/h2-14H,15-16H2,1H3. The maximum absolute atomic E-state index is 4.76. The first-order chi connectivity index (χ1) is 12.3. The normalized spacial score (nSPS) is 10.9. The number of anilines is 1. The molecule has 0 saturated carbocycles. The van der Waals surface area contributed by atoms with Crippen LogP contribution in [0, 0.1) is 0 Å². The van der Waals surface area contributed by atoms with Crippen molar-refractivity contribution in [3.05, 3.63) is 90.5 Å². The summed E-state index contributed by atoms with van der Waals surface area (Å²) in [5.41, 5.74) is 2.28. The van der Waals surface area contributed by atoms with Gasteiger partial charge in [0.1, 0.15) is 11.6 Å². The van der Waals surface area contributed by atoms with Crippen molar-refractivity contribution in [3.63, 3.8) is 0 Å². The second kappa shape index (κ2) is 6.77. The van der Waals surface area contributed by atoms with E-state index in [4.69, 9.17) is 4.98 Å². The lowest BCUT2D eigenvalue weighted by molar-refractivity contribution is 0.704. The Morgan fingerprint density at radius 2 is 1.72 bits per heavy atom. The SMILES string of the molecule is CN(Cc1nccn1Cc1ccccc1)c1ccc2ccccc2n1.